The minimum absolute atomic E-state index is 0.0878. The zero-order valence-corrected chi connectivity index (χ0v) is 18.0. The number of anilines is 1. The highest BCUT2D eigenvalue weighted by Gasteiger charge is 2.31. The molecular weight excluding hydrogens is 386 g/mol. The number of aryl methyl sites for hydroxylation is 1. The Morgan fingerprint density at radius 3 is 2.79 bits per heavy atom. The normalized spacial score (nSPS) is 17.1. The molecule has 1 aromatic heterocycles. The molecule has 0 spiro atoms. The van der Waals surface area contributed by atoms with E-state index in [0.717, 1.165) is 28.6 Å². The molecule has 0 saturated carbocycles. The monoisotopic (exact) mass is 411 g/mol. The third-order valence-electron chi connectivity index (χ3n) is 5.37. The zero-order valence-electron chi connectivity index (χ0n) is 17.3. The number of nitrogens with zero attached hydrogens (tertiary/aromatic N) is 2. The number of fused-ring (bicyclic) bond motifs is 1. The van der Waals surface area contributed by atoms with Crippen molar-refractivity contribution in [1.29, 1.82) is 0 Å². The molecule has 0 radical (unpaired) electrons. The lowest BCUT2D eigenvalue weighted by Gasteiger charge is -2.25. The van der Waals surface area contributed by atoms with E-state index in [2.05, 4.69) is 43.2 Å². The highest BCUT2D eigenvalue weighted by atomic mass is 35.5. The van der Waals surface area contributed by atoms with Gasteiger partial charge in [-0.25, -0.2) is 0 Å². The maximum atomic E-state index is 13.3. The topological polar surface area (TPSA) is 58.4 Å². The van der Waals surface area contributed by atoms with Crippen LogP contribution < -0.4 is 5.32 Å². The highest BCUT2D eigenvalue weighted by Crippen LogP contribution is 2.29. The van der Waals surface area contributed by atoms with Gasteiger partial charge in [-0.05, 0) is 42.5 Å². The Morgan fingerprint density at radius 2 is 2.03 bits per heavy atom. The van der Waals surface area contributed by atoms with E-state index in [-0.39, 0.29) is 17.4 Å². The van der Waals surface area contributed by atoms with Gasteiger partial charge in [0, 0.05) is 35.8 Å². The van der Waals surface area contributed by atoms with Crippen molar-refractivity contribution >= 4 is 34.6 Å². The Bertz CT molecular complexity index is 1070. The van der Waals surface area contributed by atoms with Crippen LogP contribution >= 0.6 is 11.6 Å². The fourth-order valence-electron chi connectivity index (χ4n) is 3.86. The first-order valence-electron chi connectivity index (χ1n) is 9.94. The average molecular weight is 412 g/mol. The van der Waals surface area contributed by atoms with E-state index in [9.17, 15) is 4.79 Å². The van der Waals surface area contributed by atoms with Crippen molar-refractivity contribution in [1.82, 2.24) is 9.88 Å². The first-order chi connectivity index (χ1) is 13.7. The predicted molar refractivity (Wildman–Crippen MR) is 117 cm³/mol. The molecule has 6 heteroatoms. The van der Waals surface area contributed by atoms with Crippen LogP contribution in [0.2, 0.25) is 5.02 Å². The summed E-state index contributed by atoms with van der Waals surface area (Å²) >= 11 is 6.01. The zero-order chi connectivity index (χ0) is 20.8. The summed E-state index contributed by atoms with van der Waals surface area (Å²) in [5.74, 6) is 0.0901. The van der Waals surface area contributed by atoms with Crippen molar-refractivity contribution in [2.24, 2.45) is 0 Å². The van der Waals surface area contributed by atoms with Crippen molar-refractivity contribution in [2.75, 3.05) is 18.4 Å². The molecule has 0 aliphatic carbocycles. The molecule has 1 fully saturated rings. The van der Waals surface area contributed by atoms with E-state index < -0.39 is 0 Å². The fourth-order valence-corrected chi connectivity index (χ4v) is 4.02. The molecule has 0 bridgehead atoms. The molecule has 2 heterocycles. The van der Waals surface area contributed by atoms with E-state index in [1.807, 2.05) is 24.0 Å². The van der Waals surface area contributed by atoms with Crippen molar-refractivity contribution in [3.63, 3.8) is 0 Å². The van der Waals surface area contributed by atoms with Crippen molar-refractivity contribution in [3.8, 4) is 0 Å². The molecular formula is C23H26ClN3O2. The summed E-state index contributed by atoms with van der Waals surface area (Å²) in [6, 6.07) is 12.1. The first-order valence-corrected chi connectivity index (χ1v) is 10.3. The third-order valence-corrected chi connectivity index (χ3v) is 5.60. The first kappa shape index (κ1) is 19.8. The van der Waals surface area contributed by atoms with Gasteiger partial charge in [-0.1, -0.05) is 50.1 Å². The molecule has 1 aliphatic rings. The second kappa shape index (κ2) is 7.38. The van der Waals surface area contributed by atoms with E-state index in [1.54, 1.807) is 12.1 Å². The smallest absolute Gasteiger partial charge is 0.295 e. The number of halogens is 1. The van der Waals surface area contributed by atoms with Gasteiger partial charge in [-0.2, -0.15) is 4.98 Å². The number of carbonyl (C=O) groups is 1. The largest absolute Gasteiger partial charge is 0.423 e. The summed E-state index contributed by atoms with van der Waals surface area (Å²) in [6.07, 6.45) is 0.849. The number of hydrogen-bond acceptors (Lipinski definition) is 4. The number of benzene rings is 2. The number of oxazole rings is 1. The van der Waals surface area contributed by atoms with Crippen molar-refractivity contribution in [3.05, 3.63) is 58.1 Å². The summed E-state index contributed by atoms with van der Waals surface area (Å²) in [4.78, 5) is 19.7. The number of likely N-dealkylation sites (tertiary alicyclic amines) is 1. The number of nitrogens with one attached hydrogen (secondary N) is 1. The molecule has 5 nitrogen and oxygen atoms in total. The highest BCUT2D eigenvalue weighted by molar-refractivity contribution is 6.31. The SMILES string of the molecule is Cc1ccc(C(C)(C)C)c(C(=O)N2CCC(Nc3nc4ccc(Cl)cc4o3)C2)c1. The maximum Gasteiger partial charge on any atom is 0.295 e. The summed E-state index contributed by atoms with van der Waals surface area (Å²) < 4.78 is 5.76. The summed E-state index contributed by atoms with van der Waals surface area (Å²) in [7, 11) is 0. The lowest BCUT2D eigenvalue weighted by Crippen LogP contribution is -2.33. The van der Waals surface area contributed by atoms with Gasteiger partial charge in [0.05, 0.1) is 0 Å². The Morgan fingerprint density at radius 1 is 1.24 bits per heavy atom. The fraction of sp³-hybridized carbons (Fsp3) is 0.391. The van der Waals surface area contributed by atoms with Crippen molar-refractivity contribution < 1.29 is 9.21 Å². The van der Waals surface area contributed by atoms with Crippen molar-refractivity contribution in [2.45, 2.75) is 45.6 Å². The molecule has 3 aromatic rings. The number of amides is 1. The van der Waals surface area contributed by atoms with Gasteiger partial charge < -0.3 is 14.6 Å². The van der Waals surface area contributed by atoms with Crippen LogP contribution in [0.25, 0.3) is 11.1 Å². The van der Waals surface area contributed by atoms with Gasteiger partial charge in [0.1, 0.15) is 5.52 Å². The van der Waals surface area contributed by atoms with Gasteiger partial charge in [0.25, 0.3) is 11.9 Å². The second-order valence-electron chi connectivity index (χ2n) is 8.81. The molecule has 1 unspecified atom stereocenters. The van der Waals surface area contributed by atoms with Gasteiger partial charge in [0.15, 0.2) is 5.58 Å². The number of hydrogen-bond donors (Lipinski definition) is 1. The Kier molecular flexibility index (Phi) is 5.03. The molecule has 1 N–H and O–H groups in total. The van der Waals surface area contributed by atoms with Crippen LogP contribution in [-0.2, 0) is 5.41 Å². The minimum Gasteiger partial charge on any atom is -0.423 e. The van der Waals surface area contributed by atoms with Gasteiger partial charge in [0.2, 0.25) is 0 Å². The van der Waals surface area contributed by atoms with E-state index in [4.69, 9.17) is 16.0 Å². The van der Waals surface area contributed by atoms with E-state index in [1.165, 1.54) is 0 Å². The van der Waals surface area contributed by atoms with Crippen LogP contribution in [0.15, 0.2) is 40.8 Å². The Balaban J connectivity index is 1.49. The minimum atomic E-state index is -0.0878. The standard InChI is InChI=1S/C23H26ClN3O2/c1-14-5-7-18(23(2,3)4)17(11-14)21(28)27-10-9-16(13-27)25-22-26-19-8-6-15(24)12-20(19)29-22/h5-8,11-12,16H,9-10,13H2,1-4H3,(H,25,26). The van der Waals surface area contributed by atoms with Crippen LogP contribution in [0.5, 0.6) is 0 Å². The number of aromatic nitrogens is 1. The summed E-state index contributed by atoms with van der Waals surface area (Å²) in [5.41, 5.74) is 4.31. The average Bonchev–Trinajstić information content (AvgIpc) is 3.26. The van der Waals surface area contributed by atoms with Gasteiger partial charge in [-0.3, -0.25) is 4.79 Å². The van der Waals surface area contributed by atoms with Crippen LogP contribution in [0.1, 0.15) is 48.7 Å². The van der Waals surface area contributed by atoms with E-state index in [0.29, 0.717) is 29.7 Å². The van der Waals surface area contributed by atoms with Crippen LogP contribution in [-0.4, -0.2) is 34.9 Å². The predicted octanol–water partition coefficient (Wildman–Crippen LogP) is 5.41. The van der Waals surface area contributed by atoms with Crippen LogP contribution in [0.4, 0.5) is 6.01 Å². The Hall–Kier alpha value is -2.53. The molecule has 29 heavy (non-hydrogen) atoms. The quantitative estimate of drug-likeness (QED) is 0.625. The molecule has 1 aliphatic heterocycles. The molecule has 1 atom stereocenters. The van der Waals surface area contributed by atoms with Gasteiger partial charge in [-0.15, -0.1) is 0 Å². The van der Waals surface area contributed by atoms with Crippen LogP contribution in [0, 0.1) is 6.92 Å². The maximum absolute atomic E-state index is 13.3. The summed E-state index contributed by atoms with van der Waals surface area (Å²) in [5, 5.41) is 3.94. The van der Waals surface area contributed by atoms with E-state index >= 15 is 0 Å². The molecule has 152 valence electrons. The lowest BCUT2D eigenvalue weighted by molar-refractivity contribution is 0.0789. The second-order valence-corrected chi connectivity index (χ2v) is 9.25. The molecule has 1 amide bonds. The molecule has 1 saturated heterocycles. The number of rotatable bonds is 3. The number of carbonyl (C=O) groups excluding carboxylic acids is 1. The lowest BCUT2D eigenvalue weighted by atomic mass is 9.83. The Labute approximate surface area is 176 Å². The van der Waals surface area contributed by atoms with Crippen LogP contribution in [0.3, 0.4) is 0 Å². The summed E-state index contributed by atoms with van der Waals surface area (Å²) in [6.45, 7) is 9.78. The third kappa shape index (κ3) is 4.10. The van der Waals surface area contributed by atoms with Gasteiger partial charge >= 0.3 is 0 Å². The molecule has 4 rings (SSSR count). The molecule has 2 aromatic carbocycles.